The SMILES string of the molecule is Cc1cccc(-n2c(C)cc(/C=C3\SC(=O)N(Cc4ccc(Br)cc4)C3=O)c2C)c1C. The summed E-state index contributed by atoms with van der Waals surface area (Å²) >= 11 is 4.41. The third-order valence-electron chi connectivity index (χ3n) is 5.70. The van der Waals surface area contributed by atoms with Crippen LogP contribution in [0.4, 0.5) is 4.79 Å². The lowest BCUT2D eigenvalue weighted by atomic mass is 10.1. The lowest BCUT2D eigenvalue weighted by Crippen LogP contribution is -2.27. The molecule has 1 saturated heterocycles. The summed E-state index contributed by atoms with van der Waals surface area (Å²) in [6, 6.07) is 16.0. The maximum absolute atomic E-state index is 13.0. The highest BCUT2D eigenvalue weighted by molar-refractivity contribution is 9.10. The van der Waals surface area contributed by atoms with Crippen molar-refractivity contribution >= 4 is 44.9 Å². The molecule has 0 atom stereocenters. The topological polar surface area (TPSA) is 42.3 Å². The molecule has 3 aromatic rings. The van der Waals surface area contributed by atoms with Gasteiger partial charge in [-0.3, -0.25) is 14.5 Å². The van der Waals surface area contributed by atoms with Crippen LogP contribution >= 0.6 is 27.7 Å². The summed E-state index contributed by atoms with van der Waals surface area (Å²) in [6.45, 7) is 8.61. The molecule has 4 nitrogen and oxygen atoms in total. The second-order valence-corrected chi connectivity index (χ2v) is 9.68. The fraction of sp³-hybridized carbons (Fsp3) is 0.200. The van der Waals surface area contributed by atoms with E-state index in [-0.39, 0.29) is 17.7 Å². The highest BCUT2D eigenvalue weighted by Crippen LogP contribution is 2.35. The molecule has 0 radical (unpaired) electrons. The smallest absolute Gasteiger partial charge is 0.293 e. The van der Waals surface area contributed by atoms with Gasteiger partial charge in [-0.1, -0.05) is 40.2 Å². The zero-order chi connectivity index (χ0) is 22.3. The molecule has 1 aromatic heterocycles. The minimum absolute atomic E-state index is 0.234. The highest BCUT2D eigenvalue weighted by atomic mass is 79.9. The van der Waals surface area contributed by atoms with E-state index in [1.54, 1.807) is 0 Å². The summed E-state index contributed by atoms with van der Waals surface area (Å²) in [7, 11) is 0. The number of aromatic nitrogens is 1. The molecule has 31 heavy (non-hydrogen) atoms. The molecule has 1 fully saturated rings. The van der Waals surface area contributed by atoms with Gasteiger partial charge in [-0.05, 0) is 92.1 Å². The normalized spacial score (nSPS) is 15.4. The Morgan fingerprint density at radius 1 is 1.00 bits per heavy atom. The number of benzene rings is 2. The van der Waals surface area contributed by atoms with Gasteiger partial charge in [-0.25, -0.2) is 0 Å². The molecule has 1 aliphatic rings. The third kappa shape index (κ3) is 4.14. The van der Waals surface area contributed by atoms with Crippen LogP contribution in [0.2, 0.25) is 0 Å². The first-order valence-electron chi connectivity index (χ1n) is 10.0. The number of thioether (sulfide) groups is 1. The molecular weight excluding hydrogens is 472 g/mol. The van der Waals surface area contributed by atoms with E-state index >= 15 is 0 Å². The third-order valence-corrected chi connectivity index (χ3v) is 7.14. The molecule has 0 aliphatic carbocycles. The first-order valence-corrected chi connectivity index (χ1v) is 11.6. The van der Waals surface area contributed by atoms with Crippen molar-refractivity contribution in [2.24, 2.45) is 0 Å². The molecule has 4 rings (SSSR count). The molecule has 6 heteroatoms. The number of halogens is 1. The molecule has 0 N–H and O–H groups in total. The average Bonchev–Trinajstić information content (AvgIpc) is 3.15. The van der Waals surface area contributed by atoms with Crippen molar-refractivity contribution in [3.63, 3.8) is 0 Å². The summed E-state index contributed by atoms with van der Waals surface area (Å²) in [6.07, 6.45) is 1.84. The Bertz CT molecular complexity index is 1230. The Balaban J connectivity index is 1.65. The number of hydrogen-bond donors (Lipinski definition) is 0. The second kappa shape index (κ2) is 8.52. The van der Waals surface area contributed by atoms with Crippen molar-refractivity contribution in [3.05, 3.63) is 91.6 Å². The van der Waals surface area contributed by atoms with E-state index in [0.717, 1.165) is 44.4 Å². The fourth-order valence-corrected chi connectivity index (χ4v) is 4.93. The van der Waals surface area contributed by atoms with Gasteiger partial charge in [0.25, 0.3) is 11.1 Å². The van der Waals surface area contributed by atoms with Crippen molar-refractivity contribution in [1.82, 2.24) is 9.47 Å². The van der Waals surface area contributed by atoms with E-state index in [9.17, 15) is 9.59 Å². The molecule has 0 saturated carbocycles. The van der Waals surface area contributed by atoms with Gasteiger partial charge in [0, 0.05) is 21.5 Å². The number of amides is 2. The van der Waals surface area contributed by atoms with Gasteiger partial charge < -0.3 is 4.57 Å². The molecule has 1 aliphatic heterocycles. The van der Waals surface area contributed by atoms with E-state index in [2.05, 4.69) is 65.5 Å². The Morgan fingerprint density at radius 3 is 2.42 bits per heavy atom. The van der Waals surface area contributed by atoms with Crippen LogP contribution in [0.25, 0.3) is 11.8 Å². The summed E-state index contributed by atoms with van der Waals surface area (Å²) < 4.78 is 3.17. The minimum Gasteiger partial charge on any atom is -0.318 e. The first kappa shape index (κ1) is 21.7. The summed E-state index contributed by atoms with van der Waals surface area (Å²) in [4.78, 5) is 27.3. The maximum Gasteiger partial charge on any atom is 0.293 e. The number of aryl methyl sites for hydroxylation is 2. The molecule has 2 aromatic carbocycles. The number of carbonyl (C=O) groups is 2. The maximum atomic E-state index is 13.0. The van der Waals surface area contributed by atoms with E-state index < -0.39 is 0 Å². The zero-order valence-electron chi connectivity index (χ0n) is 17.9. The van der Waals surface area contributed by atoms with Gasteiger partial charge in [-0.2, -0.15) is 0 Å². The number of carbonyl (C=O) groups excluding carboxylic acids is 2. The standard InChI is InChI=1S/C25H23BrN2O2S/c1-15-6-5-7-22(17(15)3)28-16(2)12-20(18(28)4)13-23-24(29)27(25(30)31-23)14-19-8-10-21(26)11-9-19/h5-13H,14H2,1-4H3/b23-13-. The van der Waals surface area contributed by atoms with Crippen LogP contribution < -0.4 is 0 Å². The summed E-state index contributed by atoms with van der Waals surface area (Å²) in [5.74, 6) is -0.241. The molecule has 2 amide bonds. The number of imide groups is 1. The van der Waals surface area contributed by atoms with Gasteiger partial charge in [0.2, 0.25) is 0 Å². The number of hydrogen-bond acceptors (Lipinski definition) is 3. The van der Waals surface area contributed by atoms with Crippen LogP contribution in [0, 0.1) is 27.7 Å². The fourth-order valence-electron chi connectivity index (χ4n) is 3.83. The van der Waals surface area contributed by atoms with Gasteiger partial charge in [0.1, 0.15) is 0 Å². The predicted molar refractivity (Wildman–Crippen MR) is 130 cm³/mol. The van der Waals surface area contributed by atoms with E-state index in [0.29, 0.717) is 4.91 Å². The number of nitrogens with zero attached hydrogens (tertiary/aromatic N) is 2. The Labute approximate surface area is 195 Å². The van der Waals surface area contributed by atoms with E-state index in [4.69, 9.17) is 0 Å². The molecule has 2 heterocycles. The Hall–Kier alpha value is -2.57. The predicted octanol–water partition coefficient (Wildman–Crippen LogP) is 6.71. The average molecular weight is 495 g/mol. The van der Waals surface area contributed by atoms with E-state index in [1.165, 1.54) is 16.0 Å². The highest BCUT2D eigenvalue weighted by Gasteiger charge is 2.35. The van der Waals surface area contributed by atoms with Gasteiger partial charge in [0.05, 0.1) is 11.4 Å². The Kier molecular flexibility index (Phi) is 5.95. The second-order valence-electron chi connectivity index (χ2n) is 7.78. The van der Waals surface area contributed by atoms with Crippen molar-refractivity contribution in [2.45, 2.75) is 34.2 Å². The van der Waals surface area contributed by atoms with Crippen molar-refractivity contribution in [1.29, 1.82) is 0 Å². The lowest BCUT2D eigenvalue weighted by Gasteiger charge is -2.14. The first-order chi connectivity index (χ1) is 14.8. The van der Waals surface area contributed by atoms with Crippen LogP contribution in [0.1, 0.15) is 33.6 Å². The van der Waals surface area contributed by atoms with Crippen LogP contribution in [0.15, 0.2) is 57.9 Å². The van der Waals surface area contributed by atoms with E-state index in [1.807, 2.05) is 37.3 Å². The molecular formula is C25H23BrN2O2S. The zero-order valence-corrected chi connectivity index (χ0v) is 20.3. The Morgan fingerprint density at radius 2 is 1.71 bits per heavy atom. The van der Waals surface area contributed by atoms with Gasteiger partial charge in [0.15, 0.2) is 0 Å². The molecule has 0 unspecified atom stereocenters. The molecule has 0 spiro atoms. The van der Waals surface area contributed by atoms with Crippen molar-refractivity contribution in [3.8, 4) is 5.69 Å². The van der Waals surface area contributed by atoms with Gasteiger partial charge in [-0.15, -0.1) is 0 Å². The lowest BCUT2D eigenvalue weighted by molar-refractivity contribution is -0.123. The monoisotopic (exact) mass is 494 g/mol. The minimum atomic E-state index is -0.241. The summed E-state index contributed by atoms with van der Waals surface area (Å²) in [5, 5.41) is -0.234. The molecule has 0 bridgehead atoms. The van der Waals surface area contributed by atoms with Crippen LogP contribution in [-0.2, 0) is 11.3 Å². The van der Waals surface area contributed by atoms with Crippen LogP contribution in [-0.4, -0.2) is 20.6 Å². The summed E-state index contributed by atoms with van der Waals surface area (Å²) in [5.41, 5.74) is 7.61. The van der Waals surface area contributed by atoms with Crippen molar-refractivity contribution < 1.29 is 9.59 Å². The van der Waals surface area contributed by atoms with Crippen LogP contribution in [0.3, 0.4) is 0 Å². The number of rotatable bonds is 4. The molecule has 158 valence electrons. The van der Waals surface area contributed by atoms with Crippen molar-refractivity contribution in [2.75, 3.05) is 0 Å². The van der Waals surface area contributed by atoms with Gasteiger partial charge >= 0.3 is 0 Å². The quantitative estimate of drug-likeness (QED) is 0.378. The largest absolute Gasteiger partial charge is 0.318 e. The van der Waals surface area contributed by atoms with Crippen LogP contribution in [0.5, 0.6) is 0 Å².